The summed E-state index contributed by atoms with van der Waals surface area (Å²) in [6.45, 7) is 3.39. The standard InChI is InChI=1S/C26H31F2N5O3/c1-2-3-13-29-23(34)17-32-18-33(20-7-5-4-6-8-20)26(24(32)35)11-14-31(15-12-26)25(36)30-22-10-9-19(27)16-21(22)28/h4-10,16H,2-3,11-15,17-18H2,1H3,(H,29,34)(H,30,36). The number of rotatable bonds is 7. The zero-order valence-corrected chi connectivity index (χ0v) is 20.3. The zero-order chi connectivity index (χ0) is 25.7. The summed E-state index contributed by atoms with van der Waals surface area (Å²) < 4.78 is 27.2. The highest BCUT2D eigenvalue weighted by Crippen LogP contribution is 2.39. The second kappa shape index (κ2) is 10.9. The van der Waals surface area contributed by atoms with Gasteiger partial charge in [0.1, 0.15) is 23.7 Å². The average molecular weight is 500 g/mol. The maximum Gasteiger partial charge on any atom is 0.321 e. The van der Waals surface area contributed by atoms with Gasteiger partial charge in [0.15, 0.2) is 0 Å². The summed E-state index contributed by atoms with van der Waals surface area (Å²) >= 11 is 0. The first-order valence-electron chi connectivity index (χ1n) is 12.2. The van der Waals surface area contributed by atoms with Crippen LogP contribution in [0.5, 0.6) is 0 Å². The number of amides is 4. The fraction of sp³-hybridized carbons (Fsp3) is 0.423. The Kier molecular flexibility index (Phi) is 7.71. The Morgan fingerprint density at radius 2 is 1.78 bits per heavy atom. The van der Waals surface area contributed by atoms with Crippen molar-refractivity contribution in [2.24, 2.45) is 0 Å². The van der Waals surface area contributed by atoms with Gasteiger partial charge in [0, 0.05) is 31.4 Å². The number of piperidine rings is 1. The van der Waals surface area contributed by atoms with Crippen molar-refractivity contribution < 1.29 is 23.2 Å². The second-order valence-electron chi connectivity index (χ2n) is 9.18. The van der Waals surface area contributed by atoms with Crippen molar-refractivity contribution >= 4 is 29.2 Å². The summed E-state index contributed by atoms with van der Waals surface area (Å²) in [6, 6.07) is 12.0. The number of likely N-dealkylation sites (tertiary alicyclic amines) is 1. The Labute approximate surface area is 209 Å². The van der Waals surface area contributed by atoms with Crippen molar-refractivity contribution in [3.63, 3.8) is 0 Å². The summed E-state index contributed by atoms with van der Waals surface area (Å²) in [5.41, 5.74) is -0.126. The number of carbonyl (C=O) groups is 3. The highest BCUT2D eigenvalue weighted by atomic mass is 19.1. The summed E-state index contributed by atoms with van der Waals surface area (Å²) in [7, 11) is 0. The van der Waals surface area contributed by atoms with Crippen LogP contribution in [-0.4, -0.2) is 66.0 Å². The van der Waals surface area contributed by atoms with Gasteiger partial charge in [-0.3, -0.25) is 9.59 Å². The lowest BCUT2D eigenvalue weighted by Gasteiger charge is -2.43. The molecule has 10 heteroatoms. The van der Waals surface area contributed by atoms with E-state index in [9.17, 15) is 23.2 Å². The lowest BCUT2D eigenvalue weighted by atomic mass is 9.85. The highest BCUT2D eigenvalue weighted by molar-refractivity contribution is 5.97. The third-order valence-corrected chi connectivity index (χ3v) is 6.82. The molecule has 0 unspecified atom stereocenters. The molecule has 0 radical (unpaired) electrons. The number of carbonyl (C=O) groups excluding carboxylic acids is 3. The number of nitrogens with zero attached hydrogens (tertiary/aromatic N) is 3. The minimum absolute atomic E-state index is 0.0261. The van der Waals surface area contributed by atoms with Gasteiger partial charge in [0.05, 0.1) is 12.4 Å². The fourth-order valence-corrected chi connectivity index (χ4v) is 4.82. The number of hydrogen-bond acceptors (Lipinski definition) is 4. The number of halogens is 2. The molecule has 2 N–H and O–H groups in total. The van der Waals surface area contributed by atoms with Gasteiger partial charge in [-0.2, -0.15) is 0 Å². The molecular formula is C26H31F2N5O3. The summed E-state index contributed by atoms with van der Waals surface area (Å²) in [6.07, 6.45) is 2.55. The number of para-hydroxylation sites is 1. The van der Waals surface area contributed by atoms with Crippen molar-refractivity contribution in [2.45, 2.75) is 38.1 Å². The average Bonchev–Trinajstić information content (AvgIpc) is 3.13. The smallest absolute Gasteiger partial charge is 0.321 e. The van der Waals surface area contributed by atoms with Gasteiger partial charge < -0.3 is 25.3 Å². The van der Waals surface area contributed by atoms with E-state index in [0.29, 0.717) is 25.5 Å². The molecule has 4 rings (SSSR count). The van der Waals surface area contributed by atoms with E-state index in [1.807, 2.05) is 42.2 Å². The highest BCUT2D eigenvalue weighted by Gasteiger charge is 2.54. The van der Waals surface area contributed by atoms with Crippen molar-refractivity contribution in [3.8, 4) is 0 Å². The largest absolute Gasteiger partial charge is 0.355 e. The molecule has 0 aliphatic carbocycles. The number of benzene rings is 2. The van der Waals surface area contributed by atoms with Crippen LogP contribution in [0.1, 0.15) is 32.6 Å². The third-order valence-electron chi connectivity index (χ3n) is 6.82. The Balaban J connectivity index is 1.47. The van der Waals surface area contributed by atoms with E-state index < -0.39 is 23.2 Å². The van der Waals surface area contributed by atoms with E-state index in [1.54, 1.807) is 4.90 Å². The van der Waals surface area contributed by atoms with E-state index in [0.717, 1.165) is 24.6 Å². The number of unbranched alkanes of at least 4 members (excludes halogenated alkanes) is 1. The molecule has 0 atom stereocenters. The van der Waals surface area contributed by atoms with Gasteiger partial charge in [-0.1, -0.05) is 31.5 Å². The Bertz CT molecular complexity index is 1110. The van der Waals surface area contributed by atoms with Crippen LogP contribution in [0.2, 0.25) is 0 Å². The zero-order valence-electron chi connectivity index (χ0n) is 20.3. The molecule has 4 amide bonds. The molecule has 192 valence electrons. The van der Waals surface area contributed by atoms with Crippen LogP contribution in [0.3, 0.4) is 0 Å². The molecular weight excluding hydrogens is 468 g/mol. The number of hydrogen-bond donors (Lipinski definition) is 2. The molecule has 2 aliphatic heterocycles. The fourth-order valence-electron chi connectivity index (χ4n) is 4.82. The van der Waals surface area contributed by atoms with Crippen molar-refractivity contribution in [1.82, 2.24) is 15.1 Å². The van der Waals surface area contributed by atoms with E-state index in [2.05, 4.69) is 10.6 Å². The first kappa shape index (κ1) is 25.4. The molecule has 0 bridgehead atoms. The molecule has 2 fully saturated rings. The molecule has 2 saturated heterocycles. The van der Waals surface area contributed by atoms with Crippen molar-refractivity contribution in [1.29, 1.82) is 0 Å². The summed E-state index contributed by atoms with van der Waals surface area (Å²) in [5.74, 6) is -1.91. The van der Waals surface area contributed by atoms with Gasteiger partial charge in [-0.25, -0.2) is 13.6 Å². The molecule has 8 nitrogen and oxygen atoms in total. The monoisotopic (exact) mass is 499 g/mol. The predicted molar refractivity (Wildman–Crippen MR) is 132 cm³/mol. The molecule has 2 aromatic carbocycles. The van der Waals surface area contributed by atoms with Gasteiger partial charge in [-0.15, -0.1) is 0 Å². The van der Waals surface area contributed by atoms with Crippen molar-refractivity contribution in [3.05, 3.63) is 60.2 Å². The van der Waals surface area contributed by atoms with E-state index in [4.69, 9.17) is 0 Å². The Morgan fingerprint density at radius 3 is 2.44 bits per heavy atom. The first-order valence-corrected chi connectivity index (χ1v) is 12.2. The maximum absolute atomic E-state index is 14.0. The van der Waals surface area contributed by atoms with Crippen LogP contribution in [-0.2, 0) is 9.59 Å². The van der Waals surface area contributed by atoms with Crippen molar-refractivity contribution in [2.75, 3.05) is 43.1 Å². The maximum atomic E-state index is 14.0. The van der Waals surface area contributed by atoms with Crippen LogP contribution in [0.25, 0.3) is 0 Å². The molecule has 2 aliphatic rings. The molecule has 36 heavy (non-hydrogen) atoms. The second-order valence-corrected chi connectivity index (χ2v) is 9.18. The molecule has 0 saturated carbocycles. The molecule has 2 aromatic rings. The van der Waals surface area contributed by atoms with Gasteiger partial charge in [-0.05, 0) is 43.5 Å². The Hall–Kier alpha value is -3.69. The minimum atomic E-state index is -0.886. The molecule has 1 spiro atoms. The lowest BCUT2D eigenvalue weighted by molar-refractivity contribution is -0.137. The van der Waals surface area contributed by atoms with Crippen LogP contribution >= 0.6 is 0 Å². The Morgan fingerprint density at radius 1 is 1.06 bits per heavy atom. The number of anilines is 2. The molecule has 2 heterocycles. The quantitative estimate of drug-likeness (QED) is 0.571. The van der Waals surface area contributed by atoms with E-state index >= 15 is 0 Å². The van der Waals surface area contributed by atoms with Crippen LogP contribution in [0.15, 0.2) is 48.5 Å². The minimum Gasteiger partial charge on any atom is -0.355 e. The van der Waals surface area contributed by atoms with Crippen LogP contribution in [0, 0.1) is 11.6 Å². The predicted octanol–water partition coefficient (Wildman–Crippen LogP) is 3.55. The topological polar surface area (TPSA) is 85.0 Å². The molecule has 0 aromatic heterocycles. The number of urea groups is 1. The van der Waals surface area contributed by atoms with Gasteiger partial charge in [0.2, 0.25) is 5.91 Å². The SMILES string of the molecule is CCCCNC(=O)CN1CN(c2ccccc2)C2(CCN(C(=O)Nc3ccc(F)cc3F)CC2)C1=O. The normalized spacial score (nSPS) is 17.0. The van der Waals surface area contributed by atoms with E-state index in [1.165, 1.54) is 11.0 Å². The van der Waals surface area contributed by atoms with Gasteiger partial charge in [0.25, 0.3) is 5.91 Å². The summed E-state index contributed by atoms with van der Waals surface area (Å²) in [4.78, 5) is 44.0. The first-order chi connectivity index (χ1) is 17.3. The van der Waals surface area contributed by atoms with Gasteiger partial charge >= 0.3 is 6.03 Å². The van der Waals surface area contributed by atoms with Crippen LogP contribution < -0.4 is 15.5 Å². The number of nitrogens with one attached hydrogen (secondary N) is 2. The third kappa shape index (κ3) is 5.27. The lowest BCUT2D eigenvalue weighted by Crippen LogP contribution is -2.58. The van der Waals surface area contributed by atoms with E-state index in [-0.39, 0.29) is 43.8 Å². The van der Waals surface area contributed by atoms with Crippen LogP contribution in [0.4, 0.5) is 25.0 Å². The summed E-state index contributed by atoms with van der Waals surface area (Å²) in [5, 5.41) is 5.35.